The number of aryl methyl sites for hydroxylation is 1. The van der Waals surface area contributed by atoms with E-state index in [-0.39, 0.29) is 30.3 Å². The summed E-state index contributed by atoms with van der Waals surface area (Å²) in [6, 6.07) is 9.23. The highest BCUT2D eigenvalue weighted by Crippen LogP contribution is 2.33. The second-order valence-corrected chi connectivity index (χ2v) is 5.00. The molecule has 4 nitrogen and oxygen atoms in total. The van der Waals surface area contributed by atoms with Gasteiger partial charge in [-0.2, -0.15) is 0 Å². The Kier molecular flexibility index (Phi) is 5.57. The molecule has 5 heteroatoms. The van der Waals surface area contributed by atoms with Gasteiger partial charge in [-0.15, -0.1) is 0 Å². The standard InChI is InChI=1S/C18H19FO4/c1-3-12-5-8-17(15(20)10-12)23-16-7-6-13(9-14(16)19)11-18(21)22-4-2/h5-10,20H,3-4,11H2,1-2H3. The summed E-state index contributed by atoms with van der Waals surface area (Å²) in [6.45, 7) is 3.97. The summed E-state index contributed by atoms with van der Waals surface area (Å²) in [5.74, 6) is -0.894. The van der Waals surface area contributed by atoms with Crippen molar-refractivity contribution in [1.29, 1.82) is 0 Å². The van der Waals surface area contributed by atoms with Crippen molar-refractivity contribution in [3.05, 3.63) is 53.3 Å². The summed E-state index contributed by atoms with van der Waals surface area (Å²) in [6.07, 6.45) is 0.784. The highest BCUT2D eigenvalue weighted by atomic mass is 19.1. The fourth-order valence-corrected chi connectivity index (χ4v) is 2.10. The summed E-state index contributed by atoms with van der Waals surface area (Å²) in [7, 11) is 0. The predicted octanol–water partition coefficient (Wildman–Crippen LogP) is 3.99. The van der Waals surface area contributed by atoms with Gasteiger partial charge in [0.05, 0.1) is 13.0 Å². The topological polar surface area (TPSA) is 55.8 Å². The van der Waals surface area contributed by atoms with Crippen LogP contribution in [0, 0.1) is 5.82 Å². The lowest BCUT2D eigenvalue weighted by Crippen LogP contribution is -2.07. The Hall–Kier alpha value is -2.56. The fourth-order valence-electron chi connectivity index (χ4n) is 2.10. The van der Waals surface area contributed by atoms with Gasteiger partial charge in [0.2, 0.25) is 0 Å². The number of hydrogen-bond donors (Lipinski definition) is 1. The summed E-state index contributed by atoms with van der Waals surface area (Å²) in [5, 5.41) is 9.90. The number of halogens is 1. The molecule has 0 aliphatic heterocycles. The van der Waals surface area contributed by atoms with Crippen LogP contribution in [0.3, 0.4) is 0 Å². The Balaban J connectivity index is 2.13. The van der Waals surface area contributed by atoms with Gasteiger partial charge < -0.3 is 14.6 Å². The molecule has 0 aliphatic rings. The van der Waals surface area contributed by atoms with Crippen molar-refractivity contribution < 1.29 is 23.8 Å². The summed E-state index contributed by atoms with van der Waals surface area (Å²) < 4.78 is 24.3. The molecule has 2 rings (SSSR count). The third-order valence-corrected chi connectivity index (χ3v) is 3.30. The molecular formula is C18H19FO4. The molecule has 0 atom stereocenters. The van der Waals surface area contributed by atoms with Crippen LogP contribution in [0.4, 0.5) is 4.39 Å². The van der Waals surface area contributed by atoms with Crippen LogP contribution in [0.2, 0.25) is 0 Å². The minimum atomic E-state index is -0.606. The Morgan fingerprint density at radius 2 is 1.78 bits per heavy atom. The van der Waals surface area contributed by atoms with E-state index in [1.165, 1.54) is 12.1 Å². The zero-order valence-electron chi connectivity index (χ0n) is 13.1. The molecule has 1 N–H and O–H groups in total. The Morgan fingerprint density at radius 3 is 2.39 bits per heavy atom. The lowest BCUT2D eigenvalue weighted by molar-refractivity contribution is -0.142. The number of benzene rings is 2. The normalized spacial score (nSPS) is 10.4. The minimum Gasteiger partial charge on any atom is -0.504 e. The van der Waals surface area contributed by atoms with Crippen molar-refractivity contribution in [3.8, 4) is 17.2 Å². The van der Waals surface area contributed by atoms with Gasteiger partial charge in [0.25, 0.3) is 0 Å². The van der Waals surface area contributed by atoms with Crippen LogP contribution in [0.25, 0.3) is 0 Å². The van der Waals surface area contributed by atoms with Crippen molar-refractivity contribution in [2.24, 2.45) is 0 Å². The fraction of sp³-hybridized carbons (Fsp3) is 0.278. The summed E-state index contributed by atoms with van der Waals surface area (Å²) >= 11 is 0. The van der Waals surface area contributed by atoms with Gasteiger partial charge in [-0.3, -0.25) is 4.79 Å². The molecule has 0 heterocycles. The lowest BCUT2D eigenvalue weighted by atomic mass is 10.1. The molecule has 0 saturated heterocycles. The third-order valence-electron chi connectivity index (χ3n) is 3.30. The van der Waals surface area contributed by atoms with Crippen LogP contribution in [0.5, 0.6) is 17.2 Å². The molecular weight excluding hydrogens is 299 g/mol. The molecule has 0 aromatic heterocycles. The molecule has 23 heavy (non-hydrogen) atoms. The smallest absolute Gasteiger partial charge is 0.310 e. The van der Waals surface area contributed by atoms with E-state index in [1.807, 2.05) is 13.0 Å². The number of hydrogen-bond acceptors (Lipinski definition) is 4. The van der Waals surface area contributed by atoms with E-state index >= 15 is 0 Å². The Labute approximate surface area is 134 Å². The number of carbonyl (C=O) groups excluding carboxylic acids is 1. The molecule has 2 aromatic rings. The largest absolute Gasteiger partial charge is 0.504 e. The molecule has 0 aliphatic carbocycles. The molecule has 2 aromatic carbocycles. The van der Waals surface area contributed by atoms with Gasteiger partial charge in [-0.1, -0.05) is 19.1 Å². The van der Waals surface area contributed by atoms with Gasteiger partial charge in [0.1, 0.15) is 0 Å². The predicted molar refractivity (Wildman–Crippen MR) is 84.3 cm³/mol. The average molecular weight is 318 g/mol. The maximum Gasteiger partial charge on any atom is 0.310 e. The molecule has 0 spiro atoms. The maximum atomic E-state index is 14.1. The zero-order valence-corrected chi connectivity index (χ0v) is 13.1. The molecule has 122 valence electrons. The van der Waals surface area contributed by atoms with E-state index in [2.05, 4.69) is 0 Å². The van der Waals surface area contributed by atoms with Gasteiger partial charge in [-0.05, 0) is 48.7 Å². The summed E-state index contributed by atoms with van der Waals surface area (Å²) in [5.41, 5.74) is 1.46. The van der Waals surface area contributed by atoms with Crippen molar-refractivity contribution in [1.82, 2.24) is 0 Å². The van der Waals surface area contributed by atoms with Crippen molar-refractivity contribution in [2.45, 2.75) is 26.7 Å². The highest BCUT2D eigenvalue weighted by molar-refractivity contribution is 5.72. The second kappa shape index (κ2) is 7.63. The Bertz CT molecular complexity index is 697. The SMILES string of the molecule is CCOC(=O)Cc1ccc(Oc2ccc(CC)cc2O)c(F)c1. The molecule has 0 radical (unpaired) electrons. The van der Waals surface area contributed by atoms with E-state index in [0.717, 1.165) is 12.0 Å². The van der Waals surface area contributed by atoms with Crippen LogP contribution in [-0.2, 0) is 22.4 Å². The second-order valence-electron chi connectivity index (χ2n) is 5.00. The number of aromatic hydroxyl groups is 1. The first kappa shape index (κ1) is 16.8. The Morgan fingerprint density at radius 1 is 1.09 bits per heavy atom. The number of ether oxygens (including phenoxy) is 2. The first-order valence-electron chi connectivity index (χ1n) is 7.47. The molecule has 0 unspecified atom stereocenters. The quantitative estimate of drug-likeness (QED) is 0.818. The first-order valence-corrected chi connectivity index (χ1v) is 7.47. The van der Waals surface area contributed by atoms with E-state index < -0.39 is 11.8 Å². The van der Waals surface area contributed by atoms with Crippen LogP contribution in [0.15, 0.2) is 36.4 Å². The number of phenolic OH excluding ortho intramolecular Hbond substituents is 1. The van der Waals surface area contributed by atoms with Gasteiger partial charge >= 0.3 is 5.97 Å². The first-order chi connectivity index (χ1) is 11.0. The number of carbonyl (C=O) groups is 1. The van der Waals surface area contributed by atoms with Crippen molar-refractivity contribution in [2.75, 3.05) is 6.61 Å². The molecule has 0 bridgehead atoms. The van der Waals surface area contributed by atoms with Crippen LogP contribution >= 0.6 is 0 Å². The lowest BCUT2D eigenvalue weighted by Gasteiger charge is -2.10. The molecule has 0 fully saturated rings. The van der Waals surface area contributed by atoms with E-state index in [0.29, 0.717) is 5.56 Å². The maximum absolute atomic E-state index is 14.1. The zero-order chi connectivity index (χ0) is 16.8. The van der Waals surface area contributed by atoms with Gasteiger partial charge in [-0.25, -0.2) is 4.39 Å². The number of esters is 1. The van der Waals surface area contributed by atoms with Crippen molar-refractivity contribution in [3.63, 3.8) is 0 Å². The van der Waals surface area contributed by atoms with Gasteiger partial charge in [0, 0.05) is 0 Å². The van der Waals surface area contributed by atoms with Crippen LogP contribution < -0.4 is 4.74 Å². The molecule has 0 saturated carbocycles. The monoisotopic (exact) mass is 318 g/mol. The number of rotatable bonds is 6. The molecule has 0 amide bonds. The van der Waals surface area contributed by atoms with E-state index in [4.69, 9.17) is 9.47 Å². The van der Waals surface area contributed by atoms with Gasteiger partial charge in [0.15, 0.2) is 23.1 Å². The average Bonchev–Trinajstić information content (AvgIpc) is 2.51. The minimum absolute atomic E-state index is 0.00148. The van der Waals surface area contributed by atoms with E-state index in [1.54, 1.807) is 25.1 Å². The third kappa shape index (κ3) is 4.45. The highest BCUT2D eigenvalue weighted by Gasteiger charge is 2.11. The van der Waals surface area contributed by atoms with Crippen LogP contribution in [0.1, 0.15) is 25.0 Å². The van der Waals surface area contributed by atoms with Crippen molar-refractivity contribution >= 4 is 5.97 Å². The number of phenols is 1. The van der Waals surface area contributed by atoms with Crippen LogP contribution in [-0.4, -0.2) is 17.7 Å². The van der Waals surface area contributed by atoms with E-state index in [9.17, 15) is 14.3 Å². The summed E-state index contributed by atoms with van der Waals surface area (Å²) in [4.78, 5) is 11.4.